The van der Waals surface area contributed by atoms with Crippen molar-refractivity contribution in [2.75, 3.05) is 13.7 Å². The number of methoxy groups -OCH3 is 1. The summed E-state index contributed by atoms with van der Waals surface area (Å²) in [6.45, 7) is 6.07. The fraction of sp³-hybridized carbons (Fsp3) is 0.250. The number of furan rings is 1. The van der Waals surface area contributed by atoms with E-state index in [1.165, 1.54) is 18.3 Å². The number of pyridine rings is 1. The van der Waals surface area contributed by atoms with E-state index < -0.39 is 17.7 Å². The summed E-state index contributed by atoms with van der Waals surface area (Å²) in [4.78, 5) is 32.7. The predicted molar refractivity (Wildman–Crippen MR) is 135 cm³/mol. The van der Waals surface area contributed by atoms with Crippen molar-refractivity contribution in [3.63, 3.8) is 0 Å². The van der Waals surface area contributed by atoms with Crippen LogP contribution in [0.25, 0.3) is 11.4 Å². The van der Waals surface area contributed by atoms with Crippen LogP contribution in [0.3, 0.4) is 0 Å². The van der Waals surface area contributed by atoms with Gasteiger partial charge in [-0.1, -0.05) is 12.1 Å². The lowest BCUT2D eigenvalue weighted by atomic mass is 9.96. The Hall–Kier alpha value is -4.53. The third-order valence-corrected chi connectivity index (χ3v) is 6.56. The first kappa shape index (κ1) is 24.2. The van der Waals surface area contributed by atoms with Crippen molar-refractivity contribution in [1.29, 1.82) is 0 Å². The quantitative estimate of drug-likeness (QED) is 0.225. The molecule has 9 nitrogen and oxygen atoms in total. The fourth-order valence-corrected chi connectivity index (χ4v) is 4.76. The van der Waals surface area contributed by atoms with Crippen LogP contribution >= 0.6 is 0 Å². The number of aliphatic hydroxyl groups excluding tert-OH is 1. The van der Waals surface area contributed by atoms with Crippen LogP contribution in [0.2, 0.25) is 0 Å². The number of imidazole rings is 1. The molecule has 1 unspecified atom stereocenters. The Morgan fingerprint density at radius 2 is 1.95 bits per heavy atom. The van der Waals surface area contributed by atoms with E-state index in [1.54, 1.807) is 30.3 Å². The molecule has 1 fully saturated rings. The van der Waals surface area contributed by atoms with E-state index in [0.717, 1.165) is 5.56 Å². The summed E-state index contributed by atoms with van der Waals surface area (Å²) >= 11 is 0. The smallest absolute Gasteiger partial charge is 0.296 e. The molecule has 5 rings (SSSR count). The van der Waals surface area contributed by atoms with Gasteiger partial charge in [0.15, 0.2) is 17.3 Å². The molecule has 190 valence electrons. The van der Waals surface area contributed by atoms with Crippen molar-refractivity contribution in [2.45, 2.75) is 33.4 Å². The van der Waals surface area contributed by atoms with Crippen molar-refractivity contribution >= 4 is 23.1 Å². The third kappa shape index (κ3) is 4.02. The van der Waals surface area contributed by atoms with Gasteiger partial charge in [-0.3, -0.25) is 9.59 Å². The number of rotatable bonds is 7. The summed E-state index contributed by atoms with van der Waals surface area (Å²) in [6, 6.07) is 11.5. The number of ketones is 1. The molecule has 1 aliphatic heterocycles. The molecule has 9 heteroatoms. The van der Waals surface area contributed by atoms with Crippen LogP contribution in [0, 0.1) is 13.8 Å². The van der Waals surface area contributed by atoms with Crippen molar-refractivity contribution in [2.24, 2.45) is 0 Å². The minimum absolute atomic E-state index is 0.0395. The number of Topliss-reactive ketones (excluding diaryl/α,β-unsaturated/α-hetero) is 1. The number of ether oxygens (including phenoxy) is 2. The van der Waals surface area contributed by atoms with Gasteiger partial charge in [0.05, 0.1) is 43.8 Å². The Morgan fingerprint density at radius 3 is 2.62 bits per heavy atom. The number of fused-ring (bicyclic) bond motifs is 1. The van der Waals surface area contributed by atoms with E-state index in [-0.39, 0.29) is 23.6 Å². The van der Waals surface area contributed by atoms with Crippen molar-refractivity contribution in [3.8, 4) is 11.5 Å². The number of carbonyl (C=O) groups is 2. The Morgan fingerprint density at radius 1 is 1.14 bits per heavy atom. The summed E-state index contributed by atoms with van der Waals surface area (Å²) in [5.41, 5.74) is 2.99. The van der Waals surface area contributed by atoms with Crippen LogP contribution in [-0.2, 0) is 16.1 Å². The van der Waals surface area contributed by atoms with Gasteiger partial charge < -0.3 is 28.3 Å². The largest absolute Gasteiger partial charge is 0.505 e. The van der Waals surface area contributed by atoms with E-state index in [1.807, 2.05) is 43.5 Å². The molecule has 1 saturated heterocycles. The molecule has 4 heterocycles. The van der Waals surface area contributed by atoms with Crippen LogP contribution in [0.1, 0.15) is 41.2 Å². The predicted octanol–water partition coefficient (Wildman–Crippen LogP) is 4.57. The molecule has 37 heavy (non-hydrogen) atoms. The summed E-state index contributed by atoms with van der Waals surface area (Å²) in [6.07, 6.45) is 3.34. The first-order valence-electron chi connectivity index (χ1n) is 11.9. The lowest BCUT2D eigenvalue weighted by Gasteiger charge is -2.25. The maximum Gasteiger partial charge on any atom is 0.296 e. The van der Waals surface area contributed by atoms with Gasteiger partial charge in [-0.05, 0) is 62.2 Å². The number of amides is 1. The first-order chi connectivity index (χ1) is 17.8. The van der Waals surface area contributed by atoms with Crippen LogP contribution in [0.4, 0.5) is 0 Å². The molecule has 0 bridgehead atoms. The highest BCUT2D eigenvalue weighted by Gasteiger charge is 2.47. The SMILES string of the molecule is CCOc1ccc(C2/C(=C(\O)c3nc4c(C)cccn4c3C)C(=O)C(=O)N2Cc2ccco2)cc1OC. The van der Waals surface area contributed by atoms with Gasteiger partial charge in [0.25, 0.3) is 11.7 Å². The van der Waals surface area contributed by atoms with Gasteiger partial charge in [0.2, 0.25) is 0 Å². The number of carbonyl (C=O) groups excluding carboxylic acids is 2. The number of aliphatic hydroxyl groups is 1. The number of benzene rings is 1. The number of hydrogen-bond donors (Lipinski definition) is 1. The molecule has 0 spiro atoms. The lowest BCUT2D eigenvalue weighted by Crippen LogP contribution is -2.29. The molecular formula is C28H27N3O6. The molecular weight excluding hydrogens is 474 g/mol. The zero-order chi connectivity index (χ0) is 26.3. The molecule has 1 aromatic carbocycles. The van der Waals surface area contributed by atoms with Gasteiger partial charge in [-0.15, -0.1) is 0 Å². The lowest BCUT2D eigenvalue weighted by molar-refractivity contribution is -0.140. The Kier molecular flexibility index (Phi) is 6.20. The highest BCUT2D eigenvalue weighted by atomic mass is 16.5. The number of aryl methyl sites for hydroxylation is 2. The molecule has 4 aromatic rings. The van der Waals surface area contributed by atoms with E-state index in [0.29, 0.717) is 40.8 Å². The summed E-state index contributed by atoms with van der Waals surface area (Å²) < 4.78 is 18.5. The van der Waals surface area contributed by atoms with Crippen LogP contribution in [0.15, 0.2) is 64.9 Å². The molecule has 1 amide bonds. The summed E-state index contributed by atoms with van der Waals surface area (Å²) in [5.74, 6) is -0.391. The molecule has 1 aliphatic rings. The number of likely N-dealkylation sites (tertiary alicyclic amines) is 1. The monoisotopic (exact) mass is 501 g/mol. The third-order valence-electron chi connectivity index (χ3n) is 6.56. The summed E-state index contributed by atoms with van der Waals surface area (Å²) in [7, 11) is 1.52. The number of hydrogen-bond acceptors (Lipinski definition) is 7. The highest BCUT2D eigenvalue weighted by Crippen LogP contribution is 2.43. The molecule has 0 saturated carbocycles. The molecule has 0 radical (unpaired) electrons. The number of nitrogens with zero attached hydrogens (tertiary/aromatic N) is 3. The van der Waals surface area contributed by atoms with E-state index in [9.17, 15) is 14.7 Å². The minimum atomic E-state index is -0.903. The van der Waals surface area contributed by atoms with Gasteiger partial charge in [0, 0.05) is 6.20 Å². The summed E-state index contributed by atoms with van der Waals surface area (Å²) in [5, 5.41) is 11.5. The zero-order valence-electron chi connectivity index (χ0n) is 21.0. The zero-order valence-corrected chi connectivity index (χ0v) is 21.0. The first-order valence-corrected chi connectivity index (χ1v) is 11.9. The second-order valence-electron chi connectivity index (χ2n) is 8.78. The van der Waals surface area contributed by atoms with Gasteiger partial charge in [-0.2, -0.15) is 0 Å². The fourth-order valence-electron chi connectivity index (χ4n) is 4.76. The van der Waals surface area contributed by atoms with Crippen LogP contribution in [0.5, 0.6) is 11.5 Å². The molecule has 3 aromatic heterocycles. The molecule has 0 aliphatic carbocycles. The molecule has 1 N–H and O–H groups in total. The van der Waals surface area contributed by atoms with Crippen molar-refractivity contribution in [3.05, 3.63) is 88.8 Å². The van der Waals surface area contributed by atoms with E-state index in [2.05, 4.69) is 4.98 Å². The van der Waals surface area contributed by atoms with Crippen LogP contribution < -0.4 is 9.47 Å². The van der Waals surface area contributed by atoms with Gasteiger partial charge in [0.1, 0.15) is 17.1 Å². The Balaban J connectivity index is 1.71. The van der Waals surface area contributed by atoms with Crippen LogP contribution in [-0.4, -0.2) is 44.8 Å². The second-order valence-corrected chi connectivity index (χ2v) is 8.78. The topological polar surface area (TPSA) is 107 Å². The average Bonchev–Trinajstić information content (AvgIpc) is 3.59. The van der Waals surface area contributed by atoms with Gasteiger partial charge in [-0.25, -0.2) is 4.98 Å². The van der Waals surface area contributed by atoms with Crippen molar-refractivity contribution < 1.29 is 28.6 Å². The van der Waals surface area contributed by atoms with E-state index in [4.69, 9.17) is 13.9 Å². The van der Waals surface area contributed by atoms with Crippen molar-refractivity contribution in [1.82, 2.24) is 14.3 Å². The maximum absolute atomic E-state index is 13.4. The highest BCUT2D eigenvalue weighted by molar-refractivity contribution is 6.46. The average molecular weight is 502 g/mol. The Bertz CT molecular complexity index is 1530. The van der Waals surface area contributed by atoms with Gasteiger partial charge >= 0.3 is 0 Å². The molecule has 1 atom stereocenters. The normalized spacial score (nSPS) is 17.1. The Labute approximate surface area is 213 Å². The van der Waals surface area contributed by atoms with E-state index >= 15 is 0 Å². The standard InChI is InChI=1S/C28H27N3O6/c1-5-36-20-11-10-18(14-21(20)35-4)24-22(26(33)28(34)31(24)15-19-9-7-13-37-19)25(32)23-17(3)30-12-6-8-16(2)27(30)29-23/h6-14,24,32H,5,15H2,1-4H3/b25-22+. The second kappa shape index (κ2) is 9.50. The number of aromatic nitrogens is 2. The maximum atomic E-state index is 13.4. The minimum Gasteiger partial charge on any atom is -0.505 e.